The van der Waals surface area contributed by atoms with Crippen LogP contribution in [0.15, 0.2) is 66.7 Å². The molecule has 0 N–H and O–H groups in total. The highest BCUT2D eigenvalue weighted by molar-refractivity contribution is 6.37. The molecule has 0 radical (unpaired) electrons. The van der Waals surface area contributed by atoms with Crippen molar-refractivity contribution in [2.45, 2.75) is 0 Å². The summed E-state index contributed by atoms with van der Waals surface area (Å²) in [6.07, 6.45) is 0. The summed E-state index contributed by atoms with van der Waals surface area (Å²) in [6.45, 7) is 0. The molecule has 0 heterocycles. The van der Waals surface area contributed by atoms with Gasteiger partial charge in [0.2, 0.25) is 0 Å². The zero-order valence-electron chi connectivity index (χ0n) is 12.4. The average molecular weight is 345 g/mol. The van der Waals surface area contributed by atoms with E-state index in [9.17, 15) is 0 Å². The molecule has 0 aliphatic rings. The van der Waals surface area contributed by atoms with E-state index in [0.29, 0.717) is 27.3 Å². The fourth-order valence-electron chi connectivity index (χ4n) is 2.27. The largest absolute Gasteiger partial charge is 0.493 e. The molecule has 3 rings (SSSR count). The first-order chi connectivity index (χ1) is 11.2. The van der Waals surface area contributed by atoms with E-state index in [4.69, 9.17) is 32.7 Å². The van der Waals surface area contributed by atoms with Crippen molar-refractivity contribution in [3.63, 3.8) is 0 Å². The maximum Gasteiger partial charge on any atom is 0.169 e. The number of para-hydroxylation sites is 2. The number of hydrogen-bond acceptors (Lipinski definition) is 2. The lowest BCUT2D eigenvalue weighted by Crippen LogP contribution is -1.92. The molecule has 0 aliphatic carbocycles. The summed E-state index contributed by atoms with van der Waals surface area (Å²) in [4.78, 5) is 0. The van der Waals surface area contributed by atoms with Crippen molar-refractivity contribution >= 4 is 23.2 Å². The van der Waals surface area contributed by atoms with Gasteiger partial charge in [-0.15, -0.1) is 0 Å². The molecule has 3 aromatic carbocycles. The topological polar surface area (TPSA) is 18.5 Å². The summed E-state index contributed by atoms with van der Waals surface area (Å²) < 4.78 is 11.1. The van der Waals surface area contributed by atoms with Gasteiger partial charge < -0.3 is 9.47 Å². The quantitative estimate of drug-likeness (QED) is 0.540. The Hall–Kier alpha value is -2.16. The van der Waals surface area contributed by atoms with Gasteiger partial charge in [-0.05, 0) is 35.4 Å². The molecule has 0 aromatic heterocycles. The van der Waals surface area contributed by atoms with Crippen LogP contribution in [0.25, 0.3) is 11.1 Å². The highest BCUT2D eigenvalue weighted by atomic mass is 35.5. The lowest BCUT2D eigenvalue weighted by Gasteiger charge is -2.14. The molecule has 0 amide bonds. The minimum absolute atomic E-state index is 0.414. The van der Waals surface area contributed by atoms with Crippen LogP contribution in [0.4, 0.5) is 0 Å². The van der Waals surface area contributed by atoms with Gasteiger partial charge in [-0.25, -0.2) is 0 Å². The molecule has 2 nitrogen and oxygen atoms in total. The van der Waals surface area contributed by atoms with Crippen molar-refractivity contribution in [2.75, 3.05) is 7.11 Å². The van der Waals surface area contributed by atoms with Crippen molar-refractivity contribution in [2.24, 2.45) is 0 Å². The number of benzene rings is 3. The third-order valence-electron chi connectivity index (χ3n) is 3.39. The molecular weight excluding hydrogens is 331 g/mol. The van der Waals surface area contributed by atoms with Crippen LogP contribution in [0.3, 0.4) is 0 Å². The van der Waals surface area contributed by atoms with Gasteiger partial charge in [0, 0.05) is 0 Å². The van der Waals surface area contributed by atoms with E-state index < -0.39 is 0 Å². The Morgan fingerprint density at radius 2 is 1.26 bits per heavy atom. The highest BCUT2D eigenvalue weighted by Gasteiger charge is 2.14. The van der Waals surface area contributed by atoms with Gasteiger partial charge in [0.1, 0.15) is 0 Å². The molecular formula is C19H14Cl2O2. The fourth-order valence-corrected chi connectivity index (χ4v) is 2.83. The van der Waals surface area contributed by atoms with Gasteiger partial charge in [-0.1, -0.05) is 65.7 Å². The standard InChI is InChI=1S/C19H14Cl2O2/c1-22-17-9-5-6-10-18(17)23-19-15(20)11-14(12-16(19)21)13-7-3-2-4-8-13/h2-12H,1H3. The van der Waals surface area contributed by atoms with Crippen LogP contribution in [0.2, 0.25) is 10.0 Å². The van der Waals surface area contributed by atoms with Crippen molar-refractivity contribution in [3.8, 4) is 28.4 Å². The summed E-state index contributed by atoms with van der Waals surface area (Å²) in [5.74, 6) is 1.59. The van der Waals surface area contributed by atoms with E-state index in [2.05, 4.69) is 0 Å². The molecule has 0 saturated carbocycles. The molecule has 0 aliphatic heterocycles. The van der Waals surface area contributed by atoms with Crippen LogP contribution in [0.1, 0.15) is 0 Å². The van der Waals surface area contributed by atoms with Crippen LogP contribution in [-0.4, -0.2) is 7.11 Å². The molecule has 0 bridgehead atoms. The summed E-state index contributed by atoms with van der Waals surface area (Å²) in [5, 5.41) is 0.893. The van der Waals surface area contributed by atoms with Crippen molar-refractivity contribution < 1.29 is 9.47 Å². The van der Waals surface area contributed by atoms with E-state index >= 15 is 0 Å². The Balaban J connectivity index is 1.98. The minimum Gasteiger partial charge on any atom is -0.493 e. The predicted molar refractivity (Wildman–Crippen MR) is 95.0 cm³/mol. The van der Waals surface area contributed by atoms with Gasteiger partial charge >= 0.3 is 0 Å². The normalized spacial score (nSPS) is 10.4. The lowest BCUT2D eigenvalue weighted by atomic mass is 10.1. The highest BCUT2D eigenvalue weighted by Crippen LogP contribution is 2.41. The first kappa shape index (κ1) is 15.7. The second-order valence-electron chi connectivity index (χ2n) is 4.89. The monoisotopic (exact) mass is 344 g/mol. The lowest BCUT2D eigenvalue weighted by molar-refractivity contribution is 0.379. The first-order valence-corrected chi connectivity index (χ1v) is 7.80. The Morgan fingerprint density at radius 3 is 1.87 bits per heavy atom. The van der Waals surface area contributed by atoms with E-state index in [1.165, 1.54) is 0 Å². The van der Waals surface area contributed by atoms with Gasteiger partial charge in [-0.3, -0.25) is 0 Å². The Bertz CT molecular complexity index is 794. The molecule has 3 aromatic rings. The average Bonchev–Trinajstić information content (AvgIpc) is 2.59. The molecule has 4 heteroatoms. The van der Waals surface area contributed by atoms with Crippen molar-refractivity contribution in [1.29, 1.82) is 0 Å². The first-order valence-electron chi connectivity index (χ1n) is 7.04. The van der Waals surface area contributed by atoms with Gasteiger partial charge in [0.15, 0.2) is 17.2 Å². The van der Waals surface area contributed by atoms with Gasteiger partial charge in [0.05, 0.1) is 17.2 Å². The van der Waals surface area contributed by atoms with Crippen molar-refractivity contribution in [1.82, 2.24) is 0 Å². The molecule has 0 saturated heterocycles. The zero-order valence-corrected chi connectivity index (χ0v) is 13.9. The summed E-state index contributed by atoms with van der Waals surface area (Å²) in [6, 6.07) is 20.9. The SMILES string of the molecule is COc1ccccc1Oc1c(Cl)cc(-c2ccccc2)cc1Cl. The summed E-state index contributed by atoms with van der Waals surface area (Å²) >= 11 is 12.8. The maximum atomic E-state index is 6.38. The van der Waals surface area contributed by atoms with Crippen LogP contribution < -0.4 is 9.47 Å². The number of halogens is 2. The minimum atomic E-state index is 0.414. The zero-order chi connectivity index (χ0) is 16.2. The van der Waals surface area contributed by atoms with Crippen LogP contribution in [0.5, 0.6) is 17.2 Å². The molecule has 0 spiro atoms. The molecule has 116 valence electrons. The van der Waals surface area contributed by atoms with E-state index in [1.54, 1.807) is 13.2 Å². The van der Waals surface area contributed by atoms with Crippen molar-refractivity contribution in [3.05, 3.63) is 76.8 Å². The van der Waals surface area contributed by atoms with Gasteiger partial charge in [0.25, 0.3) is 0 Å². The Labute approximate surface area is 145 Å². The maximum absolute atomic E-state index is 6.38. The predicted octanol–water partition coefficient (Wildman–Crippen LogP) is 6.46. The van der Waals surface area contributed by atoms with Crippen LogP contribution >= 0.6 is 23.2 Å². The second kappa shape index (κ2) is 6.95. The number of rotatable bonds is 4. The Morgan fingerprint density at radius 1 is 0.696 bits per heavy atom. The van der Waals surface area contributed by atoms with E-state index in [1.807, 2.05) is 60.7 Å². The smallest absolute Gasteiger partial charge is 0.169 e. The molecule has 23 heavy (non-hydrogen) atoms. The molecule has 0 unspecified atom stereocenters. The van der Waals surface area contributed by atoms with E-state index in [-0.39, 0.29) is 0 Å². The Kier molecular flexibility index (Phi) is 4.75. The third kappa shape index (κ3) is 3.44. The summed E-state index contributed by atoms with van der Waals surface area (Å²) in [5.41, 5.74) is 1.98. The van der Waals surface area contributed by atoms with Gasteiger partial charge in [-0.2, -0.15) is 0 Å². The second-order valence-corrected chi connectivity index (χ2v) is 5.70. The van der Waals surface area contributed by atoms with E-state index in [0.717, 1.165) is 11.1 Å². The third-order valence-corrected chi connectivity index (χ3v) is 3.95. The van der Waals surface area contributed by atoms with Crippen LogP contribution in [0, 0.1) is 0 Å². The molecule has 0 fully saturated rings. The van der Waals surface area contributed by atoms with Crippen LogP contribution in [-0.2, 0) is 0 Å². The summed E-state index contributed by atoms with van der Waals surface area (Å²) in [7, 11) is 1.59. The number of methoxy groups -OCH3 is 1. The number of hydrogen-bond donors (Lipinski definition) is 0. The molecule has 0 atom stereocenters. The fraction of sp³-hybridized carbons (Fsp3) is 0.0526. The number of ether oxygens (including phenoxy) is 2.